The molecule has 5 nitrogen and oxygen atoms in total. The molecule has 2 atom stereocenters. The summed E-state index contributed by atoms with van der Waals surface area (Å²) in [5.41, 5.74) is 0. The summed E-state index contributed by atoms with van der Waals surface area (Å²) in [6, 6.07) is 0.178. The molecule has 2 unspecified atom stereocenters. The van der Waals surface area contributed by atoms with Crippen molar-refractivity contribution in [3.63, 3.8) is 0 Å². The summed E-state index contributed by atoms with van der Waals surface area (Å²) in [6.07, 6.45) is 3.72. The first kappa shape index (κ1) is 16.0. The van der Waals surface area contributed by atoms with Crippen LogP contribution in [0.4, 0.5) is 0 Å². The Labute approximate surface area is 115 Å². The number of aliphatic hydroxyl groups excluding tert-OH is 1. The molecule has 1 heterocycles. The molecule has 0 aliphatic carbocycles. The van der Waals surface area contributed by atoms with Crippen LogP contribution >= 0.6 is 0 Å². The van der Waals surface area contributed by atoms with E-state index in [2.05, 4.69) is 5.32 Å². The molecule has 2 amide bonds. The summed E-state index contributed by atoms with van der Waals surface area (Å²) in [7, 11) is 0. The molecule has 0 aromatic heterocycles. The van der Waals surface area contributed by atoms with Crippen molar-refractivity contribution in [2.45, 2.75) is 64.5 Å². The van der Waals surface area contributed by atoms with E-state index in [1.165, 1.54) is 0 Å². The van der Waals surface area contributed by atoms with Crippen molar-refractivity contribution in [3.8, 4) is 0 Å². The molecule has 19 heavy (non-hydrogen) atoms. The SMILES string of the molecule is CCNC(=O)CCCC(=O)N1CCCC1CC(C)O. The fourth-order valence-electron chi connectivity index (χ4n) is 2.63. The monoisotopic (exact) mass is 270 g/mol. The fraction of sp³-hybridized carbons (Fsp3) is 0.857. The van der Waals surface area contributed by atoms with Crippen molar-refractivity contribution in [2.24, 2.45) is 0 Å². The fourth-order valence-corrected chi connectivity index (χ4v) is 2.63. The average molecular weight is 270 g/mol. The number of amides is 2. The van der Waals surface area contributed by atoms with Gasteiger partial charge in [-0.05, 0) is 39.5 Å². The highest BCUT2D eigenvalue weighted by atomic mass is 16.3. The molecular weight excluding hydrogens is 244 g/mol. The quantitative estimate of drug-likeness (QED) is 0.726. The van der Waals surface area contributed by atoms with Crippen LogP contribution in [0.5, 0.6) is 0 Å². The van der Waals surface area contributed by atoms with Gasteiger partial charge in [0, 0.05) is 32.0 Å². The van der Waals surface area contributed by atoms with E-state index in [1.54, 1.807) is 6.92 Å². The highest BCUT2D eigenvalue weighted by Gasteiger charge is 2.28. The van der Waals surface area contributed by atoms with Gasteiger partial charge in [0.1, 0.15) is 0 Å². The number of likely N-dealkylation sites (tertiary alicyclic amines) is 1. The number of carbonyl (C=O) groups excluding carboxylic acids is 2. The lowest BCUT2D eigenvalue weighted by Crippen LogP contribution is -2.37. The van der Waals surface area contributed by atoms with Crippen molar-refractivity contribution in [1.82, 2.24) is 10.2 Å². The number of nitrogens with zero attached hydrogens (tertiary/aromatic N) is 1. The van der Waals surface area contributed by atoms with Crippen molar-refractivity contribution in [1.29, 1.82) is 0 Å². The van der Waals surface area contributed by atoms with Gasteiger partial charge < -0.3 is 15.3 Å². The van der Waals surface area contributed by atoms with Crippen LogP contribution in [0, 0.1) is 0 Å². The van der Waals surface area contributed by atoms with E-state index in [1.807, 2.05) is 11.8 Å². The second-order valence-corrected chi connectivity index (χ2v) is 5.27. The molecule has 1 rings (SSSR count). The molecule has 0 aromatic carbocycles. The molecule has 1 fully saturated rings. The third-order valence-electron chi connectivity index (χ3n) is 3.48. The minimum atomic E-state index is -0.367. The van der Waals surface area contributed by atoms with Crippen LogP contribution in [-0.2, 0) is 9.59 Å². The van der Waals surface area contributed by atoms with Gasteiger partial charge in [0.25, 0.3) is 0 Å². The third-order valence-corrected chi connectivity index (χ3v) is 3.48. The predicted molar refractivity (Wildman–Crippen MR) is 73.6 cm³/mol. The van der Waals surface area contributed by atoms with E-state index in [9.17, 15) is 14.7 Å². The average Bonchev–Trinajstić information content (AvgIpc) is 2.76. The molecule has 0 radical (unpaired) electrons. The van der Waals surface area contributed by atoms with Gasteiger partial charge in [-0.25, -0.2) is 0 Å². The molecule has 110 valence electrons. The van der Waals surface area contributed by atoms with Crippen molar-refractivity contribution in [3.05, 3.63) is 0 Å². The third kappa shape index (κ3) is 5.59. The molecule has 1 aliphatic heterocycles. The minimum absolute atomic E-state index is 0.0113. The Morgan fingerprint density at radius 3 is 2.79 bits per heavy atom. The van der Waals surface area contributed by atoms with Crippen LogP contribution in [0.25, 0.3) is 0 Å². The summed E-state index contributed by atoms with van der Waals surface area (Å²) in [4.78, 5) is 25.3. The van der Waals surface area contributed by atoms with Gasteiger partial charge in [-0.15, -0.1) is 0 Å². The van der Waals surface area contributed by atoms with Crippen LogP contribution in [0.2, 0.25) is 0 Å². The summed E-state index contributed by atoms with van der Waals surface area (Å²) >= 11 is 0. The Hall–Kier alpha value is -1.10. The maximum atomic E-state index is 12.1. The van der Waals surface area contributed by atoms with Gasteiger partial charge in [-0.3, -0.25) is 9.59 Å². The van der Waals surface area contributed by atoms with Crippen molar-refractivity contribution >= 4 is 11.8 Å². The zero-order chi connectivity index (χ0) is 14.3. The number of carbonyl (C=O) groups is 2. The minimum Gasteiger partial charge on any atom is -0.393 e. The topological polar surface area (TPSA) is 69.6 Å². The lowest BCUT2D eigenvalue weighted by molar-refractivity contribution is -0.132. The zero-order valence-corrected chi connectivity index (χ0v) is 12.0. The molecule has 1 saturated heterocycles. The summed E-state index contributed by atoms with van der Waals surface area (Å²) < 4.78 is 0. The number of aliphatic hydroxyl groups is 1. The van der Waals surface area contributed by atoms with Gasteiger partial charge >= 0.3 is 0 Å². The lowest BCUT2D eigenvalue weighted by atomic mass is 10.1. The van der Waals surface area contributed by atoms with Crippen LogP contribution < -0.4 is 5.32 Å². The van der Waals surface area contributed by atoms with Gasteiger partial charge in [-0.1, -0.05) is 0 Å². The van der Waals surface area contributed by atoms with Crippen LogP contribution in [0.3, 0.4) is 0 Å². The van der Waals surface area contributed by atoms with E-state index in [0.717, 1.165) is 19.4 Å². The lowest BCUT2D eigenvalue weighted by Gasteiger charge is -2.25. The maximum Gasteiger partial charge on any atom is 0.222 e. The highest BCUT2D eigenvalue weighted by Crippen LogP contribution is 2.22. The molecule has 1 aliphatic rings. The van der Waals surface area contributed by atoms with E-state index < -0.39 is 0 Å². The Morgan fingerprint density at radius 2 is 2.16 bits per heavy atom. The number of hydrogen-bond acceptors (Lipinski definition) is 3. The maximum absolute atomic E-state index is 12.1. The van der Waals surface area contributed by atoms with Crippen LogP contribution in [0.1, 0.15) is 52.4 Å². The molecule has 2 N–H and O–H groups in total. The normalized spacial score (nSPS) is 20.4. The molecule has 0 aromatic rings. The zero-order valence-electron chi connectivity index (χ0n) is 12.0. The second kappa shape index (κ2) is 8.15. The number of rotatable bonds is 7. The smallest absolute Gasteiger partial charge is 0.222 e. The van der Waals surface area contributed by atoms with Crippen LogP contribution in [-0.4, -0.2) is 47.1 Å². The van der Waals surface area contributed by atoms with Crippen molar-refractivity contribution in [2.75, 3.05) is 13.1 Å². The molecule has 0 spiro atoms. The van der Waals surface area contributed by atoms with Gasteiger partial charge in [0.15, 0.2) is 0 Å². The first-order chi connectivity index (χ1) is 9.04. The molecular formula is C14H26N2O3. The number of hydrogen-bond donors (Lipinski definition) is 2. The van der Waals surface area contributed by atoms with Crippen molar-refractivity contribution < 1.29 is 14.7 Å². The molecule has 5 heteroatoms. The summed E-state index contributed by atoms with van der Waals surface area (Å²) in [5.74, 6) is 0.129. The van der Waals surface area contributed by atoms with Crippen LogP contribution in [0.15, 0.2) is 0 Å². The Bertz CT molecular complexity index is 305. The van der Waals surface area contributed by atoms with Gasteiger partial charge in [0.05, 0.1) is 6.10 Å². The summed E-state index contributed by atoms with van der Waals surface area (Å²) in [5, 5.41) is 12.2. The van der Waals surface area contributed by atoms with E-state index in [-0.39, 0.29) is 24.0 Å². The van der Waals surface area contributed by atoms with E-state index in [4.69, 9.17) is 0 Å². The first-order valence-electron chi connectivity index (χ1n) is 7.28. The second-order valence-electron chi connectivity index (χ2n) is 5.27. The largest absolute Gasteiger partial charge is 0.393 e. The molecule has 0 saturated carbocycles. The van der Waals surface area contributed by atoms with E-state index >= 15 is 0 Å². The standard InChI is InChI=1S/C14H26N2O3/c1-3-15-13(18)7-4-8-14(19)16-9-5-6-12(16)10-11(2)17/h11-12,17H,3-10H2,1-2H3,(H,15,18). The summed E-state index contributed by atoms with van der Waals surface area (Å²) in [6.45, 7) is 5.07. The Balaban J connectivity index is 2.30. The Morgan fingerprint density at radius 1 is 1.42 bits per heavy atom. The Kier molecular flexibility index (Phi) is 6.84. The van der Waals surface area contributed by atoms with Gasteiger partial charge in [0.2, 0.25) is 11.8 Å². The first-order valence-corrected chi connectivity index (χ1v) is 7.28. The molecule has 0 bridgehead atoms. The number of nitrogens with one attached hydrogen (secondary N) is 1. The highest BCUT2D eigenvalue weighted by molar-refractivity contribution is 5.79. The predicted octanol–water partition coefficient (Wildman–Crippen LogP) is 1.05. The van der Waals surface area contributed by atoms with Gasteiger partial charge in [-0.2, -0.15) is 0 Å². The van der Waals surface area contributed by atoms with E-state index in [0.29, 0.717) is 32.2 Å².